The maximum Gasteiger partial charge on any atom is 0.266 e. The van der Waals surface area contributed by atoms with E-state index in [0.717, 1.165) is 50.9 Å². The number of nitrogens with zero attached hydrogens (tertiary/aromatic N) is 3. The lowest BCUT2D eigenvalue weighted by molar-refractivity contribution is 0.0944. The summed E-state index contributed by atoms with van der Waals surface area (Å²) in [6.07, 6.45) is 6.83. The van der Waals surface area contributed by atoms with Gasteiger partial charge >= 0.3 is 0 Å². The SMILES string of the molecule is CN(C1CNC1)[C@H]1CCCC[C@@H]1Nc1cc(F)c(S(=O)(=O)Nc2ccncn2)cc1Cl. The lowest BCUT2D eigenvalue weighted by Crippen LogP contribution is -2.61. The van der Waals surface area contributed by atoms with E-state index in [-0.39, 0.29) is 16.9 Å². The predicted octanol–water partition coefficient (Wildman–Crippen LogP) is 2.70. The van der Waals surface area contributed by atoms with E-state index < -0.39 is 20.7 Å². The third-order valence-electron chi connectivity index (χ3n) is 6.06. The number of likely N-dealkylation sites (N-methyl/N-ethyl adjacent to an activating group) is 1. The molecule has 8 nitrogen and oxygen atoms in total. The molecule has 0 radical (unpaired) electrons. The molecule has 1 saturated heterocycles. The minimum absolute atomic E-state index is 0.0475. The molecule has 4 rings (SSSR count). The topological polar surface area (TPSA) is 99.2 Å². The summed E-state index contributed by atoms with van der Waals surface area (Å²) in [4.78, 5) is 9.40. The van der Waals surface area contributed by atoms with Gasteiger partial charge in [-0.1, -0.05) is 24.4 Å². The molecule has 2 fully saturated rings. The molecule has 1 aromatic carbocycles. The molecule has 2 heterocycles. The van der Waals surface area contributed by atoms with E-state index in [4.69, 9.17) is 11.6 Å². The first-order valence-corrected chi connectivity index (χ1v) is 12.2. The van der Waals surface area contributed by atoms with E-state index in [1.165, 1.54) is 18.6 Å². The van der Waals surface area contributed by atoms with Crippen molar-refractivity contribution in [2.75, 3.05) is 30.2 Å². The molecule has 0 spiro atoms. The van der Waals surface area contributed by atoms with Crippen LogP contribution in [0.4, 0.5) is 15.9 Å². The van der Waals surface area contributed by atoms with Crippen LogP contribution in [0.25, 0.3) is 0 Å². The molecule has 1 saturated carbocycles. The molecule has 0 bridgehead atoms. The van der Waals surface area contributed by atoms with Gasteiger partial charge in [0.05, 0.1) is 10.7 Å². The minimum Gasteiger partial charge on any atom is -0.379 e. The zero-order valence-electron chi connectivity index (χ0n) is 17.2. The molecule has 1 aromatic heterocycles. The first kappa shape index (κ1) is 22.2. The van der Waals surface area contributed by atoms with Crippen molar-refractivity contribution in [3.63, 3.8) is 0 Å². The molecule has 31 heavy (non-hydrogen) atoms. The highest BCUT2D eigenvalue weighted by Crippen LogP contribution is 2.33. The van der Waals surface area contributed by atoms with Crippen molar-refractivity contribution in [3.05, 3.63) is 41.6 Å². The molecule has 2 aromatic rings. The first-order valence-electron chi connectivity index (χ1n) is 10.3. The normalized spacial score (nSPS) is 22.2. The molecule has 2 aliphatic rings. The Kier molecular flexibility index (Phi) is 6.61. The summed E-state index contributed by atoms with van der Waals surface area (Å²) in [6, 6.07) is 4.60. The summed E-state index contributed by atoms with van der Waals surface area (Å²) in [5.41, 5.74) is 0.400. The highest BCUT2D eigenvalue weighted by molar-refractivity contribution is 7.92. The van der Waals surface area contributed by atoms with Crippen molar-refractivity contribution in [3.8, 4) is 0 Å². The van der Waals surface area contributed by atoms with Crippen molar-refractivity contribution < 1.29 is 12.8 Å². The van der Waals surface area contributed by atoms with Crippen LogP contribution in [-0.4, -0.2) is 61.5 Å². The van der Waals surface area contributed by atoms with Gasteiger partial charge in [0.15, 0.2) is 0 Å². The molecular formula is C20H26ClFN6O2S. The number of rotatable bonds is 7. The van der Waals surface area contributed by atoms with Gasteiger partial charge in [0.1, 0.15) is 22.9 Å². The molecule has 168 valence electrons. The number of halogens is 2. The number of nitrogens with one attached hydrogen (secondary N) is 3. The minimum atomic E-state index is -4.19. The van der Waals surface area contributed by atoms with Gasteiger partial charge in [-0.25, -0.2) is 22.8 Å². The van der Waals surface area contributed by atoms with Gasteiger partial charge in [0.25, 0.3) is 10.0 Å². The summed E-state index contributed by atoms with van der Waals surface area (Å²) in [5, 5.41) is 6.83. The summed E-state index contributed by atoms with van der Waals surface area (Å²) in [7, 11) is -2.06. The van der Waals surface area contributed by atoms with Gasteiger partial charge < -0.3 is 10.6 Å². The van der Waals surface area contributed by atoms with Crippen LogP contribution in [0.3, 0.4) is 0 Å². The van der Waals surface area contributed by atoms with E-state index in [1.54, 1.807) is 0 Å². The maximum atomic E-state index is 14.9. The number of benzene rings is 1. The van der Waals surface area contributed by atoms with Gasteiger partial charge in [-0.3, -0.25) is 9.62 Å². The second kappa shape index (κ2) is 9.23. The van der Waals surface area contributed by atoms with Crippen LogP contribution < -0.4 is 15.4 Å². The van der Waals surface area contributed by atoms with E-state index in [9.17, 15) is 12.8 Å². The highest BCUT2D eigenvalue weighted by Gasteiger charge is 2.34. The molecular weight excluding hydrogens is 443 g/mol. The summed E-state index contributed by atoms with van der Waals surface area (Å²) >= 11 is 6.39. The van der Waals surface area contributed by atoms with Gasteiger partial charge in [0.2, 0.25) is 0 Å². The van der Waals surface area contributed by atoms with Crippen LogP contribution in [0.2, 0.25) is 5.02 Å². The number of sulfonamides is 1. The smallest absolute Gasteiger partial charge is 0.266 e. The molecule has 11 heteroatoms. The average molecular weight is 469 g/mol. The van der Waals surface area contributed by atoms with Crippen LogP contribution in [0.1, 0.15) is 25.7 Å². The third-order valence-corrected chi connectivity index (χ3v) is 7.74. The van der Waals surface area contributed by atoms with Gasteiger partial charge in [-0.05, 0) is 38.1 Å². The Morgan fingerprint density at radius 1 is 1.26 bits per heavy atom. The molecule has 1 aliphatic heterocycles. The standard InChI is InChI=1S/C20H26ClFN6O2S/c1-28(13-10-24-11-13)18-5-3-2-4-16(18)26-17-9-15(22)19(8-14(17)21)31(29,30)27-20-6-7-23-12-25-20/h6-9,12-13,16,18,24,26H,2-5,10-11H2,1H3,(H,23,25,27)/t16-,18-/m0/s1. The molecule has 1 aliphatic carbocycles. The van der Waals surface area contributed by atoms with Crippen molar-refractivity contribution in [1.29, 1.82) is 0 Å². The quantitative estimate of drug-likeness (QED) is 0.574. The number of hydrogen-bond acceptors (Lipinski definition) is 7. The molecule has 0 unspecified atom stereocenters. The highest BCUT2D eigenvalue weighted by atomic mass is 35.5. The van der Waals surface area contributed by atoms with Gasteiger partial charge in [-0.2, -0.15) is 0 Å². The Bertz CT molecular complexity index is 1020. The average Bonchev–Trinajstić information content (AvgIpc) is 2.70. The van der Waals surface area contributed by atoms with E-state index >= 15 is 0 Å². The Labute approximate surface area is 186 Å². The Morgan fingerprint density at radius 3 is 2.71 bits per heavy atom. The second-order valence-corrected chi connectivity index (χ2v) is 10.1. The second-order valence-electron chi connectivity index (χ2n) is 8.04. The van der Waals surface area contributed by atoms with Gasteiger partial charge in [-0.15, -0.1) is 0 Å². The number of hydrogen-bond donors (Lipinski definition) is 3. The first-order chi connectivity index (χ1) is 14.8. The van der Waals surface area contributed by atoms with Crippen LogP contribution in [0.15, 0.2) is 35.6 Å². The Hall–Kier alpha value is -2.01. The molecule has 0 amide bonds. The predicted molar refractivity (Wildman–Crippen MR) is 118 cm³/mol. The lowest BCUT2D eigenvalue weighted by atomic mass is 9.88. The number of aromatic nitrogens is 2. The largest absolute Gasteiger partial charge is 0.379 e. The fourth-order valence-electron chi connectivity index (χ4n) is 4.19. The van der Waals surface area contributed by atoms with Crippen LogP contribution in [-0.2, 0) is 10.0 Å². The third kappa shape index (κ3) is 4.92. The van der Waals surface area contributed by atoms with Gasteiger partial charge in [0, 0.05) is 37.4 Å². The molecule has 3 N–H and O–H groups in total. The van der Waals surface area contributed by atoms with E-state index in [1.807, 2.05) is 0 Å². The van der Waals surface area contributed by atoms with Crippen molar-refractivity contribution in [1.82, 2.24) is 20.2 Å². The van der Waals surface area contributed by atoms with E-state index in [0.29, 0.717) is 17.8 Å². The van der Waals surface area contributed by atoms with Crippen molar-refractivity contribution >= 4 is 33.1 Å². The fourth-order valence-corrected chi connectivity index (χ4v) is 5.57. The van der Waals surface area contributed by atoms with E-state index in [2.05, 4.69) is 37.3 Å². The monoisotopic (exact) mass is 468 g/mol. The van der Waals surface area contributed by atoms with Crippen molar-refractivity contribution in [2.24, 2.45) is 0 Å². The van der Waals surface area contributed by atoms with Crippen LogP contribution >= 0.6 is 11.6 Å². The summed E-state index contributed by atoms with van der Waals surface area (Å²) in [6.45, 7) is 1.95. The van der Waals surface area contributed by atoms with Crippen molar-refractivity contribution in [2.45, 2.75) is 48.7 Å². The Balaban J connectivity index is 1.54. The zero-order chi connectivity index (χ0) is 22.0. The summed E-state index contributed by atoms with van der Waals surface area (Å²) < 4.78 is 42.4. The molecule has 2 atom stereocenters. The maximum absolute atomic E-state index is 14.9. The fraction of sp³-hybridized carbons (Fsp3) is 0.500. The van der Waals surface area contributed by atoms with Crippen LogP contribution in [0.5, 0.6) is 0 Å². The van der Waals surface area contributed by atoms with Crippen LogP contribution in [0, 0.1) is 5.82 Å². The lowest BCUT2D eigenvalue weighted by Gasteiger charge is -2.45. The zero-order valence-corrected chi connectivity index (χ0v) is 18.8. The number of anilines is 2. The summed E-state index contributed by atoms with van der Waals surface area (Å²) in [5.74, 6) is -0.830. The Morgan fingerprint density at radius 2 is 2.03 bits per heavy atom.